The van der Waals surface area contributed by atoms with Crippen LogP contribution < -0.4 is 5.32 Å². The topological polar surface area (TPSA) is 46.9 Å². The van der Waals surface area contributed by atoms with Crippen molar-refractivity contribution in [3.8, 4) is 5.69 Å². The highest BCUT2D eigenvalue weighted by molar-refractivity contribution is 8.02. The molecule has 1 N–H and O–H groups in total. The predicted octanol–water partition coefficient (Wildman–Crippen LogP) is 5.27. The zero-order valence-corrected chi connectivity index (χ0v) is 17.3. The van der Waals surface area contributed by atoms with Gasteiger partial charge in [0.25, 0.3) is 0 Å². The van der Waals surface area contributed by atoms with Gasteiger partial charge in [0, 0.05) is 5.69 Å². The van der Waals surface area contributed by atoms with Crippen molar-refractivity contribution in [3.05, 3.63) is 63.6 Å². The quantitative estimate of drug-likeness (QED) is 0.457. The second kappa shape index (κ2) is 7.96. The van der Waals surface area contributed by atoms with Crippen LogP contribution in [0.1, 0.15) is 24.5 Å². The molecule has 0 saturated heterocycles. The van der Waals surface area contributed by atoms with Gasteiger partial charge in [-0.25, -0.2) is 4.68 Å². The summed E-state index contributed by atoms with van der Waals surface area (Å²) in [5.74, 6) is -0.0228. The molecule has 1 unspecified atom stereocenters. The van der Waals surface area contributed by atoms with Crippen LogP contribution in [0.15, 0.2) is 52.9 Å². The number of aromatic nitrogens is 2. The van der Waals surface area contributed by atoms with Crippen LogP contribution in [0, 0.1) is 3.95 Å². The molecule has 1 heterocycles. The Morgan fingerprint density at radius 3 is 2.81 bits per heavy atom. The molecule has 0 bridgehead atoms. The van der Waals surface area contributed by atoms with Gasteiger partial charge in [-0.3, -0.25) is 4.79 Å². The average Bonchev–Trinajstić information content (AvgIpc) is 3.28. The Morgan fingerprint density at radius 1 is 1.22 bits per heavy atom. The Morgan fingerprint density at radius 2 is 2.00 bits per heavy atom. The van der Waals surface area contributed by atoms with Gasteiger partial charge in [-0.1, -0.05) is 47.4 Å². The van der Waals surface area contributed by atoms with E-state index in [0.717, 1.165) is 28.6 Å². The number of fused-ring (bicyclic) bond motifs is 1. The molecular formula is C20H19N3OS3. The Balaban J connectivity index is 1.44. The van der Waals surface area contributed by atoms with Gasteiger partial charge in [-0.05, 0) is 73.8 Å². The van der Waals surface area contributed by atoms with E-state index >= 15 is 0 Å². The van der Waals surface area contributed by atoms with E-state index in [9.17, 15) is 4.79 Å². The third kappa shape index (κ3) is 4.15. The molecule has 7 heteroatoms. The number of thioether (sulfide) groups is 1. The van der Waals surface area contributed by atoms with Crippen molar-refractivity contribution in [2.24, 2.45) is 0 Å². The maximum atomic E-state index is 12.6. The first-order chi connectivity index (χ1) is 13.1. The molecule has 3 aromatic rings. The van der Waals surface area contributed by atoms with Crippen molar-refractivity contribution >= 4 is 46.9 Å². The summed E-state index contributed by atoms with van der Waals surface area (Å²) < 4.78 is 3.21. The number of carbonyl (C=O) groups excluding carboxylic acids is 1. The summed E-state index contributed by atoms with van der Waals surface area (Å²) in [6.45, 7) is 1.89. The van der Waals surface area contributed by atoms with Crippen molar-refractivity contribution < 1.29 is 4.79 Å². The molecule has 1 atom stereocenters. The summed E-state index contributed by atoms with van der Waals surface area (Å²) in [4.78, 5) is 12.6. The number of para-hydroxylation sites is 1. The maximum Gasteiger partial charge on any atom is 0.237 e. The highest BCUT2D eigenvalue weighted by Crippen LogP contribution is 2.29. The number of nitrogens with one attached hydrogen (secondary N) is 1. The minimum absolute atomic E-state index is 0.0228. The first-order valence-corrected chi connectivity index (χ1v) is 11.0. The van der Waals surface area contributed by atoms with Crippen LogP contribution in [0.2, 0.25) is 0 Å². The molecule has 27 heavy (non-hydrogen) atoms. The number of hydrogen-bond donors (Lipinski definition) is 1. The van der Waals surface area contributed by atoms with Gasteiger partial charge in [-0.2, -0.15) is 0 Å². The van der Waals surface area contributed by atoms with Crippen LogP contribution in [0.25, 0.3) is 5.69 Å². The van der Waals surface area contributed by atoms with Gasteiger partial charge in [0.1, 0.15) is 0 Å². The van der Waals surface area contributed by atoms with Gasteiger partial charge < -0.3 is 5.32 Å². The molecule has 1 aliphatic carbocycles. The summed E-state index contributed by atoms with van der Waals surface area (Å²) in [5, 5.41) is 7.34. The summed E-state index contributed by atoms with van der Waals surface area (Å²) >= 11 is 8.29. The fraction of sp³-hybridized carbons (Fsp3) is 0.250. The van der Waals surface area contributed by atoms with Crippen LogP contribution in [-0.4, -0.2) is 20.9 Å². The Hall–Kier alpha value is -1.96. The average molecular weight is 414 g/mol. The molecular weight excluding hydrogens is 394 g/mol. The van der Waals surface area contributed by atoms with E-state index in [-0.39, 0.29) is 11.2 Å². The zero-order valence-electron chi connectivity index (χ0n) is 14.8. The smallest absolute Gasteiger partial charge is 0.237 e. The molecule has 0 saturated carbocycles. The standard InChI is InChI=1S/C20H19N3OS3/c1-13(18(24)21-16-11-10-14-6-5-7-15(14)12-16)26-19-22-23(20(25)27-19)17-8-3-2-4-9-17/h2-4,8-13H,5-7H2,1H3,(H,21,24). The Kier molecular flexibility index (Phi) is 5.43. The van der Waals surface area contributed by atoms with Crippen molar-refractivity contribution in [1.29, 1.82) is 0 Å². The van der Waals surface area contributed by atoms with Crippen LogP contribution >= 0.6 is 35.3 Å². The molecule has 0 spiro atoms. The van der Waals surface area contributed by atoms with E-state index in [1.165, 1.54) is 40.6 Å². The first-order valence-electron chi connectivity index (χ1n) is 8.85. The minimum atomic E-state index is -0.261. The van der Waals surface area contributed by atoms with Gasteiger partial charge in [0.2, 0.25) is 5.91 Å². The number of rotatable bonds is 5. The molecule has 0 aliphatic heterocycles. The van der Waals surface area contributed by atoms with Crippen molar-refractivity contribution in [2.75, 3.05) is 5.32 Å². The predicted molar refractivity (Wildman–Crippen MR) is 115 cm³/mol. The lowest BCUT2D eigenvalue weighted by atomic mass is 10.1. The third-order valence-corrected chi connectivity index (χ3v) is 6.96. The highest BCUT2D eigenvalue weighted by Gasteiger charge is 2.19. The second-order valence-corrected chi connectivity index (χ2v) is 9.68. The number of aryl methyl sites for hydroxylation is 2. The lowest BCUT2D eigenvalue weighted by Gasteiger charge is -2.11. The van der Waals surface area contributed by atoms with Crippen LogP contribution in [0.3, 0.4) is 0 Å². The molecule has 1 amide bonds. The van der Waals surface area contributed by atoms with Crippen LogP contribution in [-0.2, 0) is 17.6 Å². The highest BCUT2D eigenvalue weighted by atomic mass is 32.2. The van der Waals surface area contributed by atoms with E-state index in [2.05, 4.69) is 22.5 Å². The second-order valence-electron chi connectivity index (χ2n) is 6.47. The number of nitrogens with zero attached hydrogens (tertiary/aromatic N) is 2. The summed E-state index contributed by atoms with van der Waals surface area (Å²) in [6.07, 6.45) is 3.45. The van der Waals surface area contributed by atoms with E-state index in [1.807, 2.05) is 43.3 Å². The lowest BCUT2D eigenvalue weighted by molar-refractivity contribution is -0.115. The normalized spacial score (nSPS) is 14.0. The number of anilines is 1. The van der Waals surface area contributed by atoms with E-state index in [4.69, 9.17) is 12.2 Å². The fourth-order valence-electron chi connectivity index (χ4n) is 3.14. The molecule has 0 fully saturated rings. The van der Waals surface area contributed by atoms with Gasteiger partial charge in [0.15, 0.2) is 8.29 Å². The maximum absolute atomic E-state index is 12.6. The summed E-state index contributed by atoms with van der Waals surface area (Å²) in [7, 11) is 0. The lowest BCUT2D eigenvalue weighted by Crippen LogP contribution is -2.22. The van der Waals surface area contributed by atoms with Crippen LogP contribution in [0.5, 0.6) is 0 Å². The van der Waals surface area contributed by atoms with Crippen molar-refractivity contribution in [3.63, 3.8) is 0 Å². The number of hydrogen-bond acceptors (Lipinski definition) is 5. The van der Waals surface area contributed by atoms with Gasteiger partial charge in [-0.15, -0.1) is 5.10 Å². The van der Waals surface area contributed by atoms with Crippen LogP contribution in [0.4, 0.5) is 5.69 Å². The monoisotopic (exact) mass is 413 g/mol. The summed E-state index contributed by atoms with van der Waals surface area (Å²) in [5.41, 5.74) is 4.56. The van der Waals surface area contributed by atoms with Crippen molar-refractivity contribution in [1.82, 2.24) is 9.78 Å². The number of carbonyl (C=O) groups is 1. The molecule has 2 aromatic carbocycles. The zero-order chi connectivity index (χ0) is 18.8. The molecule has 138 valence electrons. The van der Waals surface area contributed by atoms with Gasteiger partial charge in [0.05, 0.1) is 10.9 Å². The van der Waals surface area contributed by atoms with E-state index in [1.54, 1.807) is 4.68 Å². The molecule has 4 rings (SSSR count). The summed E-state index contributed by atoms with van der Waals surface area (Å²) in [6, 6.07) is 16.0. The Labute approximate surface area is 171 Å². The van der Waals surface area contributed by atoms with E-state index < -0.39 is 0 Å². The number of benzene rings is 2. The molecule has 4 nitrogen and oxygen atoms in total. The van der Waals surface area contributed by atoms with E-state index in [0.29, 0.717) is 3.95 Å². The molecule has 1 aliphatic rings. The third-order valence-electron chi connectivity index (χ3n) is 4.54. The number of amides is 1. The largest absolute Gasteiger partial charge is 0.325 e. The SMILES string of the molecule is CC(Sc1nn(-c2ccccc2)c(=S)s1)C(=O)Nc1ccc2c(c1)CCC2. The minimum Gasteiger partial charge on any atom is -0.325 e. The molecule has 1 aromatic heterocycles. The first kappa shape index (κ1) is 18.4. The Bertz CT molecular complexity index is 1030. The fourth-order valence-corrected chi connectivity index (χ4v) is 5.64. The molecule has 0 radical (unpaired) electrons. The van der Waals surface area contributed by atoms with Gasteiger partial charge >= 0.3 is 0 Å². The van der Waals surface area contributed by atoms with Crippen molar-refractivity contribution in [2.45, 2.75) is 35.8 Å².